The number of urea groups is 2. The summed E-state index contributed by atoms with van der Waals surface area (Å²) in [5.74, 6) is 0.989. The summed E-state index contributed by atoms with van der Waals surface area (Å²) in [5.41, 5.74) is 0. The lowest BCUT2D eigenvalue weighted by molar-refractivity contribution is 0.220. The van der Waals surface area contributed by atoms with Crippen LogP contribution in [0.1, 0.15) is 66.2 Å². The van der Waals surface area contributed by atoms with Crippen molar-refractivity contribution in [3.8, 4) is 0 Å². The number of nitrogens with one attached hydrogen (secondary N) is 4. The second kappa shape index (κ2) is 18.0. The summed E-state index contributed by atoms with van der Waals surface area (Å²) in [6.45, 7) is 17.8. The zero-order valence-corrected chi connectivity index (χ0v) is 21.2. The third-order valence-corrected chi connectivity index (χ3v) is 6.66. The van der Waals surface area contributed by atoms with Crippen molar-refractivity contribution in [3.63, 3.8) is 0 Å². The van der Waals surface area contributed by atoms with Gasteiger partial charge in [-0.2, -0.15) is 0 Å². The molecule has 0 aromatic carbocycles. The summed E-state index contributed by atoms with van der Waals surface area (Å²) >= 11 is 0. The Morgan fingerprint density at radius 1 is 0.688 bits per heavy atom. The Kier molecular flexibility index (Phi) is 16.0. The van der Waals surface area contributed by atoms with E-state index in [9.17, 15) is 9.59 Å². The van der Waals surface area contributed by atoms with Crippen LogP contribution in [0.5, 0.6) is 0 Å². The largest absolute Gasteiger partial charge is 0.338 e. The first-order valence-corrected chi connectivity index (χ1v) is 13.0. The Morgan fingerprint density at radius 3 is 1.47 bits per heavy atom. The molecular weight excluding hydrogens is 404 g/mol. The highest BCUT2D eigenvalue weighted by Crippen LogP contribution is 2.28. The van der Waals surface area contributed by atoms with Crippen LogP contribution in [0.15, 0.2) is 0 Å². The molecule has 1 aliphatic carbocycles. The van der Waals surface area contributed by atoms with Gasteiger partial charge in [0.25, 0.3) is 0 Å². The molecule has 1 fully saturated rings. The predicted octanol–water partition coefficient (Wildman–Crippen LogP) is 2.86. The van der Waals surface area contributed by atoms with Crippen molar-refractivity contribution >= 4 is 12.1 Å². The van der Waals surface area contributed by atoms with Crippen molar-refractivity contribution in [2.45, 2.75) is 66.2 Å². The summed E-state index contributed by atoms with van der Waals surface area (Å²) in [7, 11) is 0. The van der Waals surface area contributed by atoms with Crippen LogP contribution in [0.2, 0.25) is 0 Å². The van der Waals surface area contributed by atoms with Crippen molar-refractivity contribution in [3.05, 3.63) is 0 Å². The van der Waals surface area contributed by atoms with E-state index in [0.717, 1.165) is 90.9 Å². The van der Waals surface area contributed by atoms with Crippen LogP contribution in [0.3, 0.4) is 0 Å². The van der Waals surface area contributed by atoms with E-state index in [1.165, 1.54) is 0 Å². The lowest BCUT2D eigenvalue weighted by atomic mass is 9.81. The van der Waals surface area contributed by atoms with Crippen LogP contribution < -0.4 is 21.3 Å². The highest BCUT2D eigenvalue weighted by molar-refractivity contribution is 5.74. The van der Waals surface area contributed by atoms with Gasteiger partial charge in [0.05, 0.1) is 0 Å². The molecule has 0 aliphatic heterocycles. The van der Waals surface area contributed by atoms with E-state index in [0.29, 0.717) is 24.9 Å². The molecular formula is C24H50N6O2. The number of carbonyl (C=O) groups is 2. The first-order chi connectivity index (χ1) is 15.5. The van der Waals surface area contributed by atoms with E-state index < -0.39 is 0 Å². The van der Waals surface area contributed by atoms with E-state index in [1.807, 2.05) is 0 Å². The Labute approximate surface area is 196 Å². The van der Waals surface area contributed by atoms with Crippen molar-refractivity contribution in [1.82, 2.24) is 31.1 Å². The van der Waals surface area contributed by atoms with Gasteiger partial charge in [0.15, 0.2) is 0 Å². The van der Waals surface area contributed by atoms with Gasteiger partial charge in [-0.05, 0) is 83.2 Å². The van der Waals surface area contributed by atoms with Crippen LogP contribution in [0.4, 0.5) is 9.59 Å². The molecule has 1 aliphatic rings. The third-order valence-electron chi connectivity index (χ3n) is 6.66. The zero-order valence-electron chi connectivity index (χ0n) is 21.2. The minimum Gasteiger partial charge on any atom is -0.338 e. The Bertz CT molecular complexity index is 455. The summed E-state index contributed by atoms with van der Waals surface area (Å²) in [6.07, 6.45) is 6.47. The molecule has 0 radical (unpaired) electrons. The van der Waals surface area contributed by atoms with Gasteiger partial charge in [0.1, 0.15) is 0 Å². The van der Waals surface area contributed by atoms with Crippen molar-refractivity contribution in [2.75, 3.05) is 65.4 Å². The van der Waals surface area contributed by atoms with E-state index in [2.05, 4.69) is 58.8 Å². The molecule has 188 valence electrons. The van der Waals surface area contributed by atoms with E-state index in [4.69, 9.17) is 0 Å². The summed E-state index contributed by atoms with van der Waals surface area (Å²) in [4.78, 5) is 28.9. The molecule has 1 rings (SSSR count). The average molecular weight is 455 g/mol. The van der Waals surface area contributed by atoms with Crippen LogP contribution in [0.25, 0.3) is 0 Å². The van der Waals surface area contributed by atoms with Gasteiger partial charge in [-0.25, -0.2) is 9.59 Å². The average Bonchev–Trinajstić information content (AvgIpc) is 2.82. The second-order valence-electron chi connectivity index (χ2n) is 8.93. The predicted molar refractivity (Wildman–Crippen MR) is 133 cm³/mol. The maximum atomic E-state index is 12.1. The standard InChI is InChI=1S/C24H50N6O2/c1-5-29(6-2)16-10-14-25-23(31)27-19-21-12-9-13-22(18-21)20-28-24(32)26-15-11-17-30(7-3)8-4/h21-22H,5-20H2,1-4H3,(H2,25,27,31)(H2,26,28,32). The number of rotatable bonds is 16. The maximum Gasteiger partial charge on any atom is 0.314 e. The highest BCUT2D eigenvalue weighted by Gasteiger charge is 2.22. The van der Waals surface area contributed by atoms with Gasteiger partial charge < -0.3 is 31.1 Å². The van der Waals surface area contributed by atoms with Crippen LogP contribution in [0, 0.1) is 11.8 Å². The molecule has 8 heteroatoms. The molecule has 4 amide bonds. The van der Waals surface area contributed by atoms with Gasteiger partial charge in [0, 0.05) is 26.2 Å². The molecule has 2 unspecified atom stereocenters. The lowest BCUT2D eigenvalue weighted by Crippen LogP contribution is -2.42. The van der Waals surface area contributed by atoms with Crippen molar-refractivity contribution in [2.24, 2.45) is 11.8 Å². The zero-order chi connectivity index (χ0) is 23.6. The Hall–Kier alpha value is -1.54. The first-order valence-electron chi connectivity index (χ1n) is 13.0. The first kappa shape index (κ1) is 28.5. The normalized spacial score (nSPS) is 18.6. The van der Waals surface area contributed by atoms with Crippen LogP contribution in [-0.2, 0) is 0 Å². The number of hydrogen-bond acceptors (Lipinski definition) is 4. The number of amides is 4. The van der Waals surface area contributed by atoms with Gasteiger partial charge in [-0.1, -0.05) is 34.1 Å². The summed E-state index contributed by atoms with van der Waals surface area (Å²) in [6, 6.07) is -0.122. The molecule has 0 spiro atoms. The second-order valence-corrected chi connectivity index (χ2v) is 8.93. The molecule has 0 bridgehead atoms. The van der Waals surface area contributed by atoms with E-state index in [1.54, 1.807) is 0 Å². The van der Waals surface area contributed by atoms with Gasteiger partial charge in [0.2, 0.25) is 0 Å². The minimum atomic E-state index is -0.0612. The minimum absolute atomic E-state index is 0.0612. The highest BCUT2D eigenvalue weighted by atomic mass is 16.2. The molecule has 32 heavy (non-hydrogen) atoms. The van der Waals surface area contributed by atoms with E-state index in [-0.39, 0.29) is 12.1 Å². The maximum absolute atomic E-state index is 12.1. The van der Waals surface area contributed by atoms with Gasteiger partial charge in [-0.15, -0.1) is 0 Å². The number of carbonyl (C=O) groups excluding carboxylic acids is 2. The summed E-state index contributed by atoms with van der Waals surface area (Å²) < 4.78 is 0. The molecule has 1 saturated carbocycles. The third kappa shape index (κ3) is 13.1. The SMILES string of the molecule is CCN(CC)CCCNC(=O)NCC1CCCC(CNC(=O)NCCCN(CC)CC)C1. The van der Waals surface area contributed by atoms with Crippen LogP contribution in [-0.4, -0.2) is 87.3 Å². The molecule has 8 nitrogen and oxygen atoms in total. The lowest BCUT2D eigenvalue weighted by Gasteiger charge is -2.29. The quantitative estimate of drug-likeness (QED) is 0.270. The molecule has 2 atom stereocenters. The smallest absolute Gasteiger partial charge is 0.314 e. The molecule has 0 aromatic heterocycles. The fourth-order valence-electron chi connectivity index (χ4n) is 4.46. The number of hydrogen-bond donors (Lipinski definition) is 4. The van der Waals surface area contributed by atoms with Crippen molar-refractivity contribution < 1.29 is 9.59 Å². The molecule has 0 aromatic rings. The fourth-order valence-corrected chi connectivity index (χ4v) is 4.46. The Balaban J connectivity index is 2.12. The Morgan fingerprint density at radius 2 is 1.09 bits per heavy atom. The molecule has 0 heterocycles. The molecule has 4 N–H and O–H groups in total. The number of nitrogens with zero attached hydrogens (tertiary/aromatic N) is 2. The monoisotopic (exact) mass is 454 g/mol. The fraction of sp³-hybridized carbons (Fsp3) is 0.917. The van der Waals surface area contributed by atoms with Crippen molar-refractivity contribution in [1.29, 1.82) is 0 Å². The van der Waals surface area contributed by atoms with Crippen LogP contribution >= 0.6 is 0 Å². The van der Waals surface area contributed by atoms with Gasteiger partial charge >= 0.3 is 12.1 Å². The van der Waals surface area contributed by atoms with E-state index >= 15 is 0 Å². The molecule has 0 saturated heterocycles. The van der Waals surface area contributed by atoms with Gasteiger partial charge in [-0.3, -0.25) is 0 Å². The topological polar surface area (TPSA) is 88.7 Å². The summed E-state index contributed by atoms with van der Waals surface area (Å²) in [5, 5.41) is 12.0.